The molecule has 1 amide bonds. The molecule has 3 rings (SSSR count). The maximum absolute atomic E-state index is 12.6. The van der Waals surface area contributed by atoms with E-state index < -0.39 is 11.9 Å². The van der Waals surface area contributed by atoms with Crippen molar-refractivity contribution in [3.63, 3.8) is 0 Å². The molecule has 3 aromatic rings. The van der Waals surface area contributed by atoms with Crippen LogP contribution in [0.2, 0.25) is 0 Å². The summed E-state index contributed by atoms with van der Waals surface area (Å²) in [6.45, 7) is 1.37. The van der Waals surface area contributed by atoms with E-state index in [0.717, 1.165) is 30.3 Å². The van der Waals surface area contributed by atoms with E-state index in [9.17, 15) is 9.59 Å². The van der Waals surface area contributed by atoms with Gasteiger partial charge in [0, 0.05) is 12.1 Å². The van der Waals surface area contributed by atoms with E-state index in [1.165, 1.54) is 18.2 Å². The molecule has 1 heterocycles. The molecule has 0 radical (unpaired) electrons. The number of fused-ring (bicyclic) bond motifs is 1. The standard InChI is InChI=1S/C20H22N4O3/c21-11-4-1-5-12-24-17-10-3-2-9-16(17)22-20(24)23-18(25)14-7-6-8-15(13-14)19(26)27/h2-3,6-10,13H,1,4-5,11-12,21H2,(H,26,27)(H,22,23,25). The van der Waals surface area contributed by atoms with Gasteiger partial charge in [-0.15, -0.1) is 0 Å². The summed E-state index contributed by atoms with van der Waals surface area (Å²) >= 11 is 0. The largest absolute Gasteiger partial charge is 0.478 e. The number of aryl methyl sites for hydroxylation is 1. The van der Waals surface area contributed by atoms with Gasteiger partial charge in [-0.25, -0.2) is 4.79 Å². The van der Waals surface area contributed by atoms with Crippen LogP contribution in [0.25, 0.3) is 11.0 Å². The molecule has 0 unspecified atom stereocenters. The number of nitrogens with zero attached hydrogens (tertiary/aromatic N) is 2. The molecule has 7 nitrogen and oxygen atoms in total. The number of imidazole rings is 1. The molecule has 7 heteroatoms. The Morgan fingerprint density at radius 1 is 1.04 bits per heavy atom. The van der Waals surface area contributed by atoms with E-state index in [-0.39, 0.29) is 11.1 Å². The second kappa shape index (κ2) is 8.46. The van der Waals surface area contributed by atoms with Crippen molar-refractivity contribution in [1.82, 2.24) is 9.55 Å². The molecule has 1 aromatic heterocycles. The SMILES string of the molecule is NCCCCCn1c(=NC(=O)c2cccc(C(=O)O)c2)[nH]c2ccccc21. The Balaban J connectivity index is 1.98. The van der Waals surface area contributed by atoms with E-state index in [0.29, 0.717) is 18.7 Å². The zero-order valence-corrected chi connectivity index (χ0v) is 14.9. The first kappa shape index (κ1) is 18.6. The second-order valence-electron chi connectivity index (χ2n) is 6.27. The highest BCUT2D eigenvalue weighted by Gasteiger charge is 2.11. The highest BCUT2D eigenvalue weighted by Crippen LogP contribution is 2.11. The topological polar surface area (TPSA) is 113 Å². The normalized spacial score (nSPS) is 11.8. The minimum Gasteiger partial charge on any atom is -0.478 e. The number of hydrogen-bond acceptors (Lipinski definition) is 3. The highest BCUT2D eigenvalue weighted by molar-refractivity contribution is 5.98. The summed E-state index contributed by atoms with van der Waals surface area (Å²) in [5, 5.41) is 9.10. The lowest BCUT2D eigenvalue weighted by atomic mass is 10.1. The number of carbonyl (C=O) groups is 2. The van der Waals surface area contributed by atoms with E-state index in [2.05, 4.69) is 9.98 Å². The van der Waals surface area contributed by atoms with Crippen LogP contribution < -0.4 is 11.4 Å². The fourth-order valence-corrected chi connectivity index (χ4v) is 2.97. The minimum absolute atomic E-state index is 0.0577. The predicted octanol–water partition coefficient (Wildman–Crippen LogP) is 2.54. The van der Waals surface area contributed by atoms with Crippen LogP contribution in [0.3, 0.4) is 0 Å². The van der Waals surface area contributed by atoms with Gasteiger partial charge >= 0.3 is 5.97 Å². The molecule has 0 aliphatic carbocycles. The number of aromatic carboxylic acids is 1. The van der Waals surface area contributed by atoms with E-state index >= 15 is 0 Å². The number of nitrogens with two attached hydrogens (primary N) is 1. The van der Waals surface area contributed by atoms with Crippen molar-refractivity contribution < 1.29 is 14.7 Å². The molecule has 0 fully saturated rings. The van der Waals surface area contributed by atoms with E-state index in [4.69, 9.17) is 10.8 Å². The monoisotopic (exact) mass is 366 g/mol. The van der Waals surface area contributed by atoms with Crippen LogP contribution in [0.4, 0.5) is 0 Å². The van der Waals surface area contributed by atoms with E-state index in [1.54, 1.807) is 6.07 Å². The molecule has 0 atom stereocenters. The van der Waals surface area contributed by atoms with Crippen LogP contribution in [0.1, 0.15) is 40.0 Å². The zero-order chi connectivity index (χ0) is 19.2. The molecule has 0 spiro atoms. The molecule has 0 saturated heterocycles. The van der Waals surface area contributed by atoms with Gasteiger partial charge in [0.1, 0.15) is 0 Å². The Kier molecular flexibility index (Phi) is 5.83. The first-order valence-corrected chi connectivity index (χ1v) is 8.90. The summed E-state index contributed by atoms with van der Waals surface area (Å²) in [6.07, 6.45) is 2.88. The number of benzene rings is 2. The maximum atomic E-state index is 12.6. The van der Waals surface area contributed by atoms with E-state index in [1.807, 2.05) is 28.8 Å². The lowest BCUT2D eigenvalue weighted by Crippen LogP contribution is -2.21. The summed E-state index contributed by atoms with van der Waals surface area (Å²) in [5.41, 5.74) is 8.16. The van der Waals surface area contributed by atoms with Gasteiger partial charge in [-0.2, -0.15) is 4.99 Å². The molecule has 0 aliphatic heterocycles. The smallest absolute Gasteiger partial charge is 0.335 e. The Morgan fingerprint density at radius 3 is 2.59 bits per heavy atom. The number of carbonyl (C=O) groups excluding carboxylic acids is 1. The molecular formula is C20H22N4O3. The van der Waals surface area contributed by atoms with Gasteiger partial charge in [-0.1, -0.05) is 24.6 Å². The van der Waals surface area contributed by atoms with Crippen LogP contribution in [0, 0.1) is 0 Å². The van der Waals surface area contributed by atoms with Crippen molar-refractivity contribution >= 4 is 22.9 Å². The average molecular weight is 366 g/mol. The van der Waals surface area contributed by atoms with Crippen molar-refractivity contribution in [2.45, 2.75) is 25.8 Å². The minimum atomic E-state index is -1.08. The number of para-hydroxylation sites is 2. The average Bonchev–Trinajstić information content (AvgIpc) is 3.02. The molecule has 0 aliphatic rings. The Morgan fingerprint density at radius 2 is 1.81 bits per heavy atom. The van der Waals surface area contributed by atoms with Gasteiger partial charge < -0.3 is 20.4 Å². The maximum Gasteiger partial charge on any atom is 0.335 e. The summed E-state index contributed by atoms with van der Waals surface area (Å²) < 4.78 is 1.98. The van der Waals surface area contributed by atoms with Crippen molar-refractivity contribution in [3.05, 3.63) is 65.3 Å². The van der Waals surface area contributed by atoms with Crippen molar-refractivity contribution in [2.24, 2.45) is 10.7 Å². The first-order chi connectivity index (χ1) is 13.1. The molecular weight excluding hydrogens is 344 g/mol. The predicted molar refractivity (Wildman–Crippen MR) is 102 cm³/mol. The Bertz CT molecular complexity index is 1030. The van der Waals surface area contributed by atoms with Gasteiger partial charge in [0.25, 0.3) is 5.91 Å². The number of rotatable bonds is 7. The quantitative estimate of drug-likeness (QED) is 0.558. The molecule has 0 saturated carbocycles. The Hall–Kier alpha value is -3.19. The van der Waals surface area contributed by atoms with Gasteiger partial charge in [0.15, 0.2) is 0 Å². The third kappa shape index (κ3) is 4.32. The fourth-order valence-electron chi connectivity index (χ4n) is 2.97. The number of unbranched alkanes of at least 4 members (excludes halogenated alkanes) is 2. The fraction of sp³-hybridized carbons (Fsp3) is 0.250. The van der Waals surface area contributed by atoms with Crippen LogP contribution in [0.5, 0.6) is 0 Å². The number of H-pyrrole nitrogens is 1. The third-order valence-corrected chi connectivity index (χ3v) is 4.35. The van der Waals surface area contributed by atoms with Crippen molar-refractivity contribution in [3.8, 4) is 0 Å². The summed E-state index contributed by atoms with van der Waals surface area (Å²) in [7, 11) is 0. The van der Waals surface area contributed by atoms with Gasteiger partial charge in [-0.05, 0) is 49.7 Å². The second-order valence-corrected chi connectivity index (χ2v) is 6.27. The summed E-state index contributed by atoms with van der Waals surface area (Å²) in [4.78, 5) is 31.1. The lowest BCUT2D eigenvalue weighted by molar-refractivity contribution is 0.0697. The van der Waals surface area contributed by atoms with Gasteiger partial charge in [0.05, 0.1) is 16.6 Å². The molecule has 4 N–H and O–H groups in total. The number of hydrogen-bond donors (Lipinski definition) is 3. The zero-order valence-electron chi connectivity index (χ0n) is 14.9. The third-order valence-electron chi connectivity index (χ3n) is 4.35. The molecule has 140 valence electrons. The van der Waals surface area contributed by atoms with Crippen LogP contribution in [-0.4, -0.2) is 33.1 Å². The van der Waals surface area contributed by atoms with Crippen LogP contribution >= 0.6 is 0 Å². The lowest BCUT2D eigenvalue weighted by Gasteiger charge is -2.04. The number of carboxylic acids is 1. The summed E-state index contributed by atoms with van der Waals surface area (Å²) in [5.74, 6) is -1.56. The van der Waals surface area contributed by atoms with Crippen LogP contribution in [-0.2, 0) is 6.54 Å². The number of carboxylic acid groups (broad SMARTS) is 1. The number of amides is 1. The first-order valence-electron chi connectivity index (χ1n) is 8.90. The molecule has 0 bridgehead atoms. The van der Waals surface area contributed by atoms with Crippen molar-refractivity contribution in [1.29, 1.82) is 0 Å². The number of nitrogens with one attached hydrogen (secondary N) is 1. The van der Waals surface area contributed by atoms with Gasteiger partial charge in [-0.3, -0.25) is 4.79 Å². The molecule has 27 heavy (non-hydrogen) atoms. The van der Waals surface area contributed by atoms with Gasteiger partial charge in [0.2, 0.25) is 5.62 Å². The summed E-state index contributed by atoms with van der Waals surface area (Å²) in [6, 6.07) is 13.6. The highest BCUT2D eigenvalue weighted by atomic mass is 16.4. The van der Waals surface area contributed by atoms with Crippen molar-refractivity contribution in [2.75, 3.05) is 6.54 Å². The van der Waals surface area contributed by atoms with Crippen LogP contribution in [0.15, 0.2) is 53.5 Å². The number of aromatic amines is 1. The number of aromatic nitrogens is 2. The Labute approximate surface area is 156 Å². The molecule has 2 aromatic carbocycles.